The van der Waals surface area contributed by atoms with Crippen molar-refractivity contribution in [2.75, 3.05) is 6.54 Å². The molecule has 2 heterocycles. The van der Waals surface area contributed by atoms with Crippen molar-refractivity contribution in [2.24, 2.45) is 11.8 Å². The van der Waals surface area contributed by atoms with E-state index in [4.69, 9.17) is 4.74 Å². The normalized spacial score (nSPS) is 24.2. The van der Waals surface area contributed by atoms with Gasteiger partial charge in [-0.05, 0) is 30.4 Å². The van der Waals surface area contributed by atoms with Gasteiger partial charge >= 0.3 is 0 Å². The number of pyridine rings is 1. The van der Waals surface area contributed by atoms with Gasteiger partial charge < -0.3 is 10.1 Å². The van der Waals surface area contributed by atoms with Crippen molar-refractivity contribution in [2.45, 2.75) is 38.5 Å². The molecule has 2 fully saturated rings. The summed E-state index contributed by atoms with van der Waals surface area (Å²) < 4.78 is 5.89. The Kier molecular flexibility index (Phi) is 5.65. The smallest absolute Gasteiger partial charge is 0.225 e. The molecule has 1 aromatic carbocycles. The monoisotopic (exact) mass is 366 g/mol. The SMILES string of the molecule is O=C(NCc1cccnc1OCc1ccccc1)C1CCCC2CNNC21. The van der Waals surface area contributed by atoms with Crippen LogP contribution < -0.4 is 20.9 Å². The molecule has 2 aliphatic rings. The molecule has 3 unspecified atom stereocenters. The number of hydrogen-bond acceptors (Lipinski definition) is 5. The lowest BCUT2D eigenvalue weighted by atomic mass is 9.77. The minimum Gasteiger partial charge on any atom is -0.473 e. The molecule has 1 saturated heterocycles. The third-order valence-electron chi connectivity index (χ3n) is 5.52. The third-order valence-corrected chi connectivity index (χ3v) is 5.52. The van der Waals surface area contributed by atoms with Crippen molar-refractivity contribution in [3.63, 3.8) is 0 Å². The zero-order valence-corrected chi connectivity index (χ0v) is 15.4. The maximum absolute atomic E-state index is 12.8. The van der Waals surface area contributed by atoms with Gasteiger partial charge in [0.2, 0.25) is 11.8 Å². The molecule has 0 radical (unpaired) electrons. The summed E-state index contributed by atoms with van der Waals surface area (Å²) in [5, 5.41) is 3.09. The molecule has 1 saturated carbocycles. The Bertz CT molecular complexity index is 768. The fraction of sp³-hybridized carbons (Fsp3) is 0.429. The summed E-state index contributed by atoms with van der Waals surface area (Å²) in [5.41, 5.74) is 8.48. The Morgan fingerprint density at radius 2 is 2.07 bits per heavy atom. The number of aromatic nitrogens is 1. The molecule has 3 N–H and O–H groups in total. The van der Waals surface area contributed by atoms with Crippen LogP contribution in [0.15, 0.2) is 48.7 Å². The van der Waals surface area contributed by atoms with Crippen LogP contribution in [0.25, 0.3) is 0 Å². The van der Waals surface area contributed by atoms with Crippen LogP contribution in [-0.2, 0) is 17.9 Å². The van der Waals surface area contributed by atoms with E-state index in [1.54, 1.807) is 6.20 Å². The van der Waals surface area contributed by atoms with Crippen molar-refractivity contribution >= 4 is 5.91 Å². The topological polar surface area (TPSA) is 75.3 Å². The van der Waals surface area contributed by atoms with Gasteiger partial charge in [0.25, 0.3) is 0 Å². The summed E-state index contributed by atoms with van der Waals surface area (Å²) in [7, 11) is 0. The minimum absolute atomic E-state index is 0.0177. The largest absolute Gasteiger partial charge is 0.473 e. The summed E-state index contributed by atoms with van der Waals surface area (Å²) in [4.78, 5) is 17.1. The van der Waals surface area contributed by atoms with Crippen molar-refractivity contribution in [1.82, 2.24) is 21.2 Å². The molecule has 6 heteroatoms. The fourth-order valence-electron chi connectivity index (χ4n) is 4.07. The van der Waals surface area contributed by atoms with E-state index in [2.05, 4.69) is 21.2 Å². The second-order valence-corrected chi connectivity index (χ2v) is 7.31. The number of hydrogen-bond donors (Lipinski definition) is 3. The molecule has 0 spiro atoms. The average molecular weight is 366 g/mol. The predicted octanol–water partition coefficient (Wildman–Crippen LogP) is 2.17. The lowest BCUT2D eigenvalue weighted by molar-refractivity contribution is -0.127. The van der Waals surface area contributed by atoms with Crippen LogP contribution in [0, 0.1) is 11.8 Å². The molecular weight excluding hydrogens is 340 g/mol. The quantitative estimate of drug-likeness (QED) is 0.731. The van der Waals surface area contributed by atoms with Crippen LogP contribution in [0.3, 0.4) is 0 Å². The maximum Gasteiger partial charge on any atom is 0.225 e. The highest BCUT2D eigenvalue weighted by Crippen LogP contribution is 2.31. The molecule has 0 bridgehead atoms. The van der Waals surface area contributed by atoms with Gasteiger partial charge in [-0.3, -0.25) is 15.6 Å². The minimum atomic E-state index is 0.0177. The van der Waals surface area contributed by atoms with E-state index in [0.717, 1.165) is 30.5 Å². The Labute approximate surface area is 159 Å². The maximum atomic E-state index is 12.8. The Morgan fingerprint density at radius 1 is 1.19 bits per heavy atom. The van der Waals surface area contributed by atoms with Crippen LogP contribution in [0.2, 0.25) is 0 Å². The molecule has 142 valence electrons. The van der Waals surface area contributed by atoms with Crippen LogP contribution >= 0.6 is 0 Å². The van der Waals surface area contributed by atoms with Gasteiger partial charge in [0.15, 0.2) is 0 Å². The molecule has 27 heavy (non-hydrogen) atoms. The van der Waals surface area contributed by atoms with Crippen LogP contribution in [0.5, 0.6) is 5.88 Å². The first-order valence-corrected chi connectivity index (χ1v) is 9.68. The number of carbonyl (C=O) groups is 1. The van der Waals surface area contributed by atoms with Crippen molar-refractivity contribution < 1.29 is 9.53 Å². The second-order valence-electron chi connectivity index (χ2n) is 7.31. The summed E-state index contributed by atoms with van der Waals surface area (Å²) in [6.45, 7) is 1.84. The van der Waals surface area contributed by atoms with Crippen molar-refractivity contribution in [3.05, 3.63) is 59.8 Å². The number of ether oxygens (including phenoxy) is 1. The number of nitrogens with zero attached hydrogens (tertiary/aromatic N) is 1. The van der Waals surface area contributed by atoms with E-state index >= 15 is 0 Å². The van der Waals surface area contributed by atoms with Gasteiger partial charge in [0.05, 0.1) is 5.92 Å². The highest BCUT2D eigenvalue weighted by Gasteiger charge is 2.40. The van der Waals surface area contributed by atoms with Gasteiger partial charge in [0, 0.05) is 30.9 Å². The first-order valence-electron chi connectivity index (χ1n) is 9.68. The zero-order chi connectivity index (χ0) is 18.5. The molecule has 3 atom stereocenters. The van der Waals surface area contributed by atoms with E-state index in [1.165, 1.54) is 6.42 Å². The number of carbonyl (C=O) groups excluding carboxylic acids is 1. The number of rotatable bonds is 6. The lowest BCUT2D eigenvalue weighted by Crippen LogP contribution is -2.47. The second kappa shape index (κ2) is 8.50. The van der Waals surface area contributed by atoms with E-state index in [1.807, 2.05) is 42.5 Å². The van der Waals surface area contributed by atoms with E-state index in [9.17, 15) is 4.79 Å². The number of nitrogens with one attached hydrogen (secondary N) is 3. The number of amides is 1. The van der Waals surface area contributed by atoms with Crippen LogP contribution in [0.4, 0.5) is 0 Å². The van der Waals surface area contributed by atoms with E-state index < -0.39 is 0 Å². The molecule has 1 aliphatic carbocycles. The Hall–Kier alpha value is -2.44. The number of fused-ring (bicyclic) bond motifs is 1. The fourth-order valence-corrected chi connectivity index (χ4v) is 4.07. The van der Waals surface area contributed by atoms with Gasteiger partial charge in [-0.1, -0.05) is 42.8 Å². The number of hydrazine groups is 1. The van der Waals surface area contributed by atoms with E-state index in [-0.39, 0.29) is 17.9 Å². The average Bonchev–Trinajstić information content (AvgIpc) is 3.21. The summed E-state index contributed by atoms with van der Waals surface area (Å²) in [5.74, 6) is 1.25. The van der Waals surface area contributed by atoms with Gasteiger partial charge in [-0.25, -0.2) is 4.98 Å². The summed E-state index contributed by atoms with van der Waals surface area (Å²) >= 11 is 0. The van der Waals surface area contributed by atoms with Gasteiger partial charge in [0.1, 0.15) is 6.61 Å². The molecule has 1 aliphatic heterocycles. The Morgan fingerprint density at radius 3 is 2.96 bits per heavy atom. The lowest BCUT2D eigenvalue weighted by Gasteiger charge is -2.31. The number of benzene rings is 1. The van der Waals surface area contributed by atoms with E-state index in [0.29, 0.717) is 24.9 Å². The Balaban J connectivity index is 1.36. The summed E-state index contributed by atoms with van der Waals surface area (Å²) in [6.07, 6.45) is 4.95. The molecule has 2 aromatic rings. The standard InChI is InChI=1S/C21H26N4O2/c26-20(18-10-4-8-16-13-24-25-19(16)18)23-12-17-9-5-11-22-21(17)27-14-15-6-2-1-3-7-15/h1-3,5-7,9,11,16,18-19,24-25H,4,8,10,12-14H2,(H,23,26). The highest BCUT2D eigenvalue weighted by molar-refractivity contribution is 5.79. The molecule has 1 amide bonds. The van der Waals surface area contributed by atoms with Crippen molar-refractivity contribution in [1.29, 1.82) is 0 Å². The molecule has 6 nitrogen and oxygen atoms in total. The van der Waals surface area contributed by atoms with Gasteiger partial charge in [-0.2, -0.15) is 0 Å². The van der Waals surface area contributed by atoms with Crippen molar-refractivity contribution in [3.8, 4) is 5.88 Å². The summed E-state index contributed by atoms with van der Waals surface area (Å²) in [6, 6.07) is 14.1. The van der Waals surface area contributed by atoms with Crippen LogP contribution in [0.1, 0.15) is 30.4 Å². The first-order chi connectivity index (χ1) is 13.3. The molecular formula is C21H26N4O2. The van der Waals surface area contributed by atoms with Gasteiger partial charge in [-0.15, -0.1) is 0 Å². The highest BCUT2D eigenvalue weighted by atomic mass is 16.5. The predicted molar refractivity (Wildman–Crippen MR) is 103 cm³/mol. The first kappa shape index (κ1) is 17.9. The van der Waals surface area contributed by atoms with Crippen LogP contribution in [-0.4, -0.2) is 23.5 Å². The molecule has 4 rings (SSSR count). The molecule has 1 aromatic heterocycles. The zero-order valence-electron chi connectivity index (χ0n) is 15.4. The third kappa shape index (κ3) is 4.28.